The van der Waals surface area contributed by atoms with E-state index in [9.17, 15) is 18.3 Å². The van der Waals surface area contributed by atoms with Gasteiger partial charge in [0.15, 0.2) is 0 Å². The number of amides is 1. The van der Waals surface area contributed by atoms with Crippen molar-refractivity contribution in [2.45, 2.75) is 82.0 Å². The highest BCUT2D eigenvalue weighted by Crippen LogP contribution is 2.49. The zero-order valence-electron chi connectivity index (χ0n) is 25.3. The summed E-state index contributed by atoms with van der Waals surface area (Å²) in [6, 6.07) is 11.4. The number of halogens is 1. The van der Waals surface area contributed by atoms with Gasteiger partial charge in [0.2, 0.25) is 10.0 Å². The fraction of sp³-hybridized carbons (Fsp3) is 0.559. The average molecular weight is 627 g/mol. The summed E-state index contributed by atoms with van der Waals surface area (Å²) in [6.07, 6.45) is 9.83. The van der Waals surface area contributed by atoms with Gasteiger partial charge in [-0.25, -0.2) is 13.1 Å². The van der Waals surface area contributed by atoms with Crippen molar-refractivity contribution in [2.75, 3.05) is 24.6 Å². The summed E-state index contributed by atoms with van der Waals surface area (Å²) in [5.41, 5.74) is 2.35. The molecule has 1 saturated carbocycles. The molecule has 1 amide bonds. The van der Waals surface area contributed by atoms with Gasteiger partial charge in [-0.15, -0.1) is 0 Å². The van der Waals surface area contributed by atoms with Crippen LogP contribution in [0.2, 0.25) is 5.02 Å². The molecule has 9 heteroatoms. The van der Waals surface area contributed by atoms with Gasteiger partial charge in [-0.3, -0.25) is 4.79 Å². The Morgan fingerprint density at radius 1 is 1.16 bits per heavy atom. The first kappa shape index (κ1) is 30.5. The smallest absolute Gasteiger partial charge is 0.264 e. The van der Waals surface area contributed by atoms with Gasteiger partial charge in [0, 0.05) is 29.1 Å². The van der Waals surface area contributed by atoms with E-state index in [2.05, 4.69) is 21.8 Å². The van der Waals surface area contributed by atoms with Crippen molar-refractivity contribution in [3.63, 3.8) is 0 Å². The second-order valence-electron chi connectivity index (χ2n) is 13.4. The Bertz CT molecular complexity index is 1540. The fourth-order valence-corrected chi connectivity index (χ4v) is 9.23. The van der Waals surface area contributed by atoms with Crippen molar-refractivity contribution in [3.8, 4) is 5.75 Å². The van der Waals surface area contributed by atoms with Crippen LogP contribution in [0.5, 0.6) is 5.75 Å². The molecule has 6 rings (SSSR count). The summed E-state index contributed by atoms with van der Waals surface area (Å²) < 4.78 is 35.4. The summed E-state index contributed by atoms with van der Waals surface area (Å²) in [5.74, 6) is 0.150. The summed E-state index contributed by atoms with van der Waals surface area (Å²) in [7, 11) is -3.93. The highest BCUT2D eigenvalue weighted by molar-refractivity contribution is 7.90. The largest absolute Gasteiger partial charge is 0.490 e. The second-order valence-corrected chi connectivity index (χ2v) is 15.8. The van der Waals surface area contributed by atoms with E-state index < -0.39 is 26.8 Å². The molecule has 0 saturated heterocycles. The molecular formula is C34H43ClN2O5S. The molecule has 2 aromatic rings. The van der Waals surface area contributed by atoms with Crippen molar-refractivity contribution in [3.05, 3.63) is 70.3 Å². The molecule has 0 radical (unpaired) electrons. The Morgan fingerprint density at radius 2 is 1.98 bits per heavy atom. The van der Waals surface area contributed by atoms with E-state index in [4.69, 9.17) is 16.3 Å². The molecule has 4 aliphatic rings. The zero-order chi connectivity index (χ0) is 30.6. The molecule has 2 aromatic carbocycles. The number of nitrogens with one attached hydrogen (secondary N) is 1. The highest BCUT2D eigenvalue weighted by Gasteiger charge is 2.47. The third kappa shape index (κ3) is 5.59. The number of aryl methyl sites for hydroxylation is 1. The fourth-order valence-electron chi connectivity index (χ4n) is 7.75. The molecule has 6 atom stereocenters. The van der Waals surface area contributed by atoms with Crippen LogP contribution in [0.15, 0.2) is 48.6 Å². The maximum Gasteiger partial charge on any atom is 0.264 e. The predicted molar refractivity (Wildman–Crippen MR) is 170 cm³/mol. The first-order chi connectivity index (χ1) is 20.4. The van der Waals surface area contributed by atoms with Crippen LogP contribution >= 0.6 is 11.6 Å². The van der Waals surface area contributed by atoms with Crippen molar-refractivity contribution >= 4 is 33.2 Å². The number of nitrogens with zero attached hydrogens (tertiary/aromatic N) is 1. The van der Waals surface area contributed by atoms with Crippen molar-refractivity contribution in [2.24, 2.45) is 17.8 Å². The third-order valence-corrected chi connectivity index (χ3v) is 13.0. The number of benzene rings is 2. The molecule has 2 aliphatic heterocycles. The van der Waals surface area contributed by atoms with Crippen LogP contribution in [0.1, 0.15) is 80.8 Å². The quantitative estimate of drug-likeness (QED) is 0.376. The number of carbonyl (C=O) groups excluding carboxylic acids is 1. The Labute approximate surface area is 260 Å². The van der Waals surface area contributed by atoms with Gasteiger partial charge in [-0.05, 0) is 111 Å². The monoisotopic (exact) mass is 626 g/mol. The van der Waals surface area contributed by atoms with Crippen molar-refractivity contribution in [1.29, 1.82) is 0 Å². The lowest BCUT2D eigenvalue weighted by molar-refractivity contribution is -0.0475. The van der Waals surface area contributed by atoms with Crippen LogP contribution in [0, 0.1) is 17.8 Å². The van der Waals surface area contributed by atoms with Gasteiger partial charge in [0.05, 0.1) is 23.1 Å². The standard InChI is InChI=1S/C34H43ClN2O5S/c1-4-34(39)16-5-7-22(2)23(3)43(40,41)36-32(38)25-10-14-31-30(18-25)37(19-26-9-12-29(26)34)20-33(21-42-31)15-6-8-24-17-27(35)11-13-28(24)33/h5,10-11,13-14,16-18,22-23,26,29,39H,4,6-9,12,15,19-21H2,1-3H3,(H,36,38)/b16-5+/t22-,23+,26-,29+,33-,34-/m0/s1. The number of hydrogen-bond donors (Lipinski definition) is 2. The lowest BCUT2D eigenvalue weighted by atomic mass is 9.63. The maximum atomic E-state index is 13.4. The Kier molecular flexibility index (Phi) is 8.10. The van der Waals surface area contributed by atoms with Gasteiger partial charge >= 0.3 is 0 Å². The number of sulfonamides is 1. The molecule has 232 valence electrons. The van der Waals surface area contributed by atoms with E-state index in [1.54, 1.807) is 25.1 Å². The van der Waals surface area contributed by atoms with E-state index in [0.717, 1.165) is 42.8 Å². The first-order valence-corrected chi connectivity index (χ1v) is 17.6. The van der Waals surface area contributed by atoms with Crippen LogP contribution in [-0.4, -0.2) is 50.0 Å². The van der Waals surface area contributed by atoms with Crippen molar-refractivity contribution < 1.29 is 23.1 Å². The summed E-state index contributed by atoms with van der Waals surface area (Å²) in [5, 5.41) is 11.8. The Hall–Kier alpha value is -2.55. The van der Waals surface area contributed by atoms with Crippen LogP contribution in [-0.2, 0) is 21.9 Å². The topological polar surface area (TPSA) is 95.9 Å². The number of rotatable bonds is 1. The molecule has 2 bridgehead atoms. The molecule has 2 N–H and O–H groups in total. The summed E-state index contributed by atoms with van der Waals surface area (Å²) >= 11 is 6.40. The number of carbonyl (C=O) groups is 1. The molecule has 7 nitrogen and oxygen atoms in total. The van der Waals surface area contributed by atoms with E-state index in [-0.39, 0.29) is 28.7 Å². The molecule has 1 fully saturated rings. The lowest BCUT2D eigenvalue weighted by Crippen LogP contribution is -2.52. The van der Waals surface area contributed by atoms with Crippen LogP contribution in [0.25, 0.3) is 0 Å². The zero-order valence-corrected chi connectivity index (χ0v) is 26.9. The van der Waals surface area contributed by atoms with Gasteiger partial charge in [0.25, 0.3) is 5.91 Å². The Morgan fingerprint density at radius 3 is 2.72 bits per heavy atom. The number of allylic oxidation sites excluding steroid dienone is 1. The van der Waals surface area contributed by atoms with Crippen molar-refractivity contribution in [1.82, 2.24) is 4.72 Å². The average Bonchev–Trinajstić information content (AvgIpc) is 3.11. The van der Waals surface area contributed by atoms with E-state index in [1.165, 1.54) is 11.1 Å². The van der Waals surface area contributed by atoms with E-state index in [0.29, 0.717) is 38.3 Å². The third-order valence-electron chi connectivity index (χ3n) is 10.8. The number of hydrogen-bond acceptors (Lipinski definition) is 6. The second kappa shape index (κ2) is 11.4. The van der Waals surface area contributed by atoms with Gasteiger partial charge < -0.3 is 14.7 Å². The minimum atomic E-state index is -3.93. The summed E-state index contributed by atoms with van der Waals surface area (Å²) in [6.45, 7) is 7.41. The SMILES string of the molecule is CC[C@]1(O)/C=C/C[C@H](C)[C@@H](C)S(=O)(=O)NC(=O)c2ccc3c(c2)N(C[C@@H]2CC[C@H]21)C[C@@]1(CCCc2cc(Cl)ccc21)CO3. The van der Waals surface area contributed by atoms with Gasteiger partial charge in [-0.2, -0.15) is 0 Å². The van der Waals surface area contributed by atoms with Gasteiger partial charge in [0.1, 0.15) is 5.75 Å². The number of aliphatic hydroxyl groups is 1. The minimum absolute atomic E-state index is 0.0885. The Balaban J connectivity index is 1.45. The number of fused-ring (bicyclic) bond motifs is 4. The van der Waals surface area contributed by atoms with Crippen LogP contribution < -0.4 is 14.4 Å². The molecule has 2 heterocycles. The lowest BCUT2D eigenvalue weighted by Gasteiger charge is -2.49. The van der Waals surface area contributed by atoms with Gasteiger partial charge in [-0.1, -0.05) is 43.7 Å². The number of anilines is 1. The maximum absolute atomic E-state index is 13.4. The predicted octanol–water partition coefficient (Wildman–Crippen LogP) is 6.02. The molecule has 1 spiro atoms. The highest BCUT2D eigenvalue weighted by atomic mass is 35.5. The van der Waals surface area contributed by atoms with Crippen LogP contribution in [0.4, 0.5) is 5.69 Å². The van der Waals surface area contributed by atoms with Crippen LogP contribution in [0.3, 0.4) is 0 Å². The molecule has 0 unspecified atom stereocenters. The summed E-state index contributed by atoms with van der Waals surface area (Å²) in [4.78, 5) is 15.7. The molecule has 0 aromatic heterocycles. The number of ether oxygens (including phenoxy) is 1. The molecular weight excluding hydrogens is 584 g/mol. The normalized spacial score (nSPS) is 34.5. The molecule has 43 heavy (non-hydrogen) atoms. The van der Waals surface area contributed by atoms with E-state index in [1.807, 2.05) is 32.1 Å². The molecule has 2 aliphatic carbocycles. The van der Waals surface area contributed by atoms with E-state index >= 15 is 0 Å². The first-order valence-electron chi connectivity index (χ1n) is 15.7. The minimum Gasteiger partial charge on any atom is -0.490 e.